The first-order chi connectivity index (χ1) is 59.0. The predicted molar refractivity (Wildman–Crippen MR) is 509 cm³/mol. The van der Waals surface area contributed by atoms with E-state index in [2.05, 4.69) is 418 Å². The summed E-state index contributed by atoms with van der Waals surface area (Å²) >= 11 is 0. The number of pyridine rings is 3. The summed E-state index contributed by atoms with van der Waals surface area (Å²) in [7, 11) is 2.03. The van der Waals surface area contributed by atoms with Gasteiger partial charge in [-0.25, -0.2) is 15.0 Å². The summed E-state index contributed by atoms with van der Waals surface area (Å²) in [5.74, 6) is 0.905. The van der Waals surface area contributed by atoms with Crippen LogP contribution in [0.2, 0.25) is 0 Å². The number of hydrogen-bond acceptors (Lipinski definition) is 7. The van der Waals surface area contributed by atoms with E-state index < -0.39 is 0 Å². The van der Waals surface area contributed by atoms with Crippen LogP contribution in [0.25, 0.3) is 160 Å². The molecule has 0 aliphatic carbocycles. The van der Waals surface area contributed by atoms with Gasteiger partial charge in [-0.1, -0.05) is 224 Å². The molecule has 126 heavy (non-hydrogen) atoms. The van der Waals surface area contributed by atoms with Crippen molar-refractivity contribution in [3.8, 4) is 61.9 Å². The van der Waals surface area contributed by atoms with Gasteiger partial charge in [0.2, 0.25) is 0 Å². The molecule has 0 fully saturated rings. The van der Waals surface area contributed by atoms with Crippen molar-refractivity contribution in [3.63, 3.8) is 0 Å². The van der Waals surface area contributed by atoms with E-state index in [0.29, 0.717) is 0 Å². The molecule has 15 heteroatoms. The Morgan fingerprint density at radius 3 is 1.17 bits per heavy atom. The van der Waals surface area contributed by atoms with Gasteiger partial charge in [0, 0.05) is 79.1 Å². The van der Waals surface area contributed by atoms with Crippen LogP contribution in [0.3, 0.4) is 0 Å². The Bertz CT molecular complexity index is 7560. The largest absolute Gasteiger partial charge is 2.00 e. The first-order valence-corrected chi connectivity index (χ1v) is 42.3. The van der Waals surface area contributed by atoms with Crippen LogP contribution < -0.4 is 4.90 Å². The van der Waals surface area contributed by atoms with Gasteiger partial charge in [-0.2, -0.15) is 16.9 Å². The molecule has 0 bridgehead atoms. The number of fused-ring (bicyclic) bond motifs is 12. The van der Waals surface area contributed by atoms with Crippen LogP contribution in [0.15, 0.2) is 292 Å². The summed E-state index contributed by atoms with van der Waals surface area (Å²) in [5.41, 5.74) is 23.8. The SMILES string of the molecule is CC(C)(C)c1ccnc(-n2c3[c-]c(-c4cccc5ccc(-n6cc(C(C)(C)C)cn6)[c-]c45)ccc3c3ccccc32)c1.CC(C)(C)c1cnn(-c2[c-]c3c(-c4[c-]c(-n5c6ccccc6c6c(C(C)(C)C)ccnc65)ccc4)cccc3cc2)c1.CN1C=CN(c2[c-]c3c(-c4[c-]c(-n5c6ccccc6c6c(C(C)(C)C)ccnc65)ccc4)cccc3cc2)[CH-]1.[Pt+2].[Pt+2].[Pt]. The Morgan fingerprint density at radius 2 is 0.738 bits per heavy atom. The third kappa shape index (κ3) is 16.4. The number of hydrogen-bond donors (Lipinski definition) is 0. The zero-order valence-corrected chi connectivity index (χ0v) is 80.4. The molecule has 0 saturated heterocycles. The van der Waals surface area contributed by atoms with Crippen LogP contribution in [0.4, 0.5) is 5.69 Å². The van der Waals surface area contributed by atoms with E-state index in [1.807, 2.05) is 71.4 Å². The second kappa shape index (κ2) is 34.1. The predicted octanol–water partition coefficient (Wildman–Crippen LogP) is 27.0. The minimum atomic E-state index is -0.0135. The Labute approximate surface area is 781 Å². The summed E-state index contributed by atoms with van der Waals surface area (Å²) in [4.78, 5) is 18.8. The van der Waals surface area contributed by atoms with E-state index in [4.69, 9.17) is 15.0 Å². The van der Waals surface area contributed by atoms with Crippen molar-refractivity contribution in [3.05, 3.63) is 363 Å². The number of nitrogens with zero attached hydrogens (tertiary/aromatic N) is 12. The van der Waals surface area contributed by atoms with E-state index in [0.717, 1.165) is 139 Å². The zero-order valence-electron chi connectivity index (χ0n) is 73.6. The van der Waals surface area contributed by atoms with Gasteiger partial charge in [0.25, 0.3) is 0 Å². The molecule has 20 aromatic rings. The molecule has 0 atom stereocenters. The Morgan fingerprint density at radius 1 is 0.325 bits per heavy atom. The molecule has 12 nitrogen and oxygen atoms in total. The zero-order chi connectivity index (χ0) is 85.2. The summed E-state index contributed by atoms with van der Waals surface area (Å²) in [5, 5.41) is 23.1. The monoisotopic (exact) mass is 2180 g/mol. The van der Waals surface area contributed by atoms with Crippen LogP contribution in [0.5, 0.6) is 0 Å². The van der Waals surface area contributed by atoms with Gasteiger partial charge in [-0.15, -0.1) is 187 Å². The van der Waals surface area contributed by atoms with E-state index in [1.165, 1.54) is 54.7 Å². The molecule has 21 rings (SSSR count). The Balaban J connectivity index is 0.000000138. The van der Waals surface area contributed by atoms with Crippen molar-refractivity contribution in [2.24, 2.45) is 0 Å². The maximum absolute atomic E-state index is 4.91. The topological polar surface area (TPSA) is 95.6 Å². The molecular weight excluding hydrogens is 2090 g/mol. The van der Waals surface area contributed by atoms with Crippen LogP contribution in [-0.2, 0) is 90.3 Å². The first-order valence-electron chi connectivity index (χ1n) is 42.3. The maximum Gasteiger partial charge on any atom is 2.00 e. The maximum atomic E-state index is 4.91. The minimum absolute atomic E-state index is 0. The van der Waals surface area contributed by atoms with Crippen LogP contribution >= 0.6 is 0 Å². The van der Waals surface area contributed by atoms with Gasteiger partial charge in [0.1, 0.15) is 17.1 Å². The molecule has 0 amide bonds. The molecule has 0 unspecified atom stereocenters. The fourth-order valence-corrected chi connectivity index (χ4v) is 17.2. The fourth-order valence-electron chi connectivity index (χ4n) is 17.2. The van der Waals surface area contributed by atoms with Crippen molar-refractivity contribution >= 4 is 104 Å². The van der Waals surface area contributed by atoms with Gasteiger partial charge in [0.05, 0.1) is 23.4 Å². The smallest absolute Gasteiger partial charge is 0.510 e. The third-order valence-corrected chi connectivity index (χ3v) is 23.8. The fraction of sp³-hybridized carbons (Fsp3) is 0.189. The summed E-state index contributed by atoms with van der Waals surface area (Å²) < 4.78 is 10.6. The number of aromatic nitrogens is 10. The number of benzene rings is 12. The van der Waals surface area contributed by atoms with Crippen LogP contribution in [-0.4, -0.2) is 60.2 Å². The number of anilines is 1. The molecule has 0 radical (unpaired) electrons. The molecule has 1 aliphatic heterocycles. The van der Waals surface area contributed by atoms with Crippen molar-refractivity contribution < 1.29 is 63.2 Å². The first kappa shape index (κ1) is 87.6. The standard InChI is InChI=1S/2C38H34N4.C35H29N4.3Pt/c1-37(2,3)27-23-40-41(24-27)28-18-17-25-11-10-15-30(32(25)22-28)26-12-9-13-29(21-26)42-34-16-8-7-14-31(34)35-33(38(4,5)6)19-20-39-36(35)42;1-37(2,3)27-18-19-39-36(21-27)42-34-13-8-7-11-31(34)32-17-15-26(20-35(32)42)30-12-9-10-25-14-16-29(22-33(25)30)41-24-28(23-40-41)38(4,5)6;1-35(2,3)31-17-18-36-34-33(31)29-12-5-6-14-32(29)39(34)27-11-7-10-25(21-27)28-13-8-9-24-15-16-26(22-30(24)28)38-20-19-37(4)23-38;;;/h7-20,23-24H,1-6H3;7-19,21,23-24H,1-6H3;5-20,23H,1-4H3;;;/q2*-2;-3;;2*+2. The second-order valence-electron chi connectivity index (χ2n) is 37.5. The normalized spacial score (nSPS) is 12.6. The van der Waals surface area contributed by atoms with E-state index in [9.17, 15) is 0 Å². The van der Waals surface area contributed by atoms with Crippen molar-refractivity contribution in [2.75, 3.05) is 11.9 Å². The molecule has 12 aromatic carbocycles. The summed E-state index contributed by atoms with van der Waals surface area (Å²) in [6, 6.07) is 106. The summed E-state index contributed by atoms with van der Waals surface area (Å²) in [6.45, 7) is 35.6. The molecule has 9 heterocycles. The van der Waals surface area contributed by atoms with Gasteiger partial charge in [-0.05, 0) is 150 Å². The molecule has 634 valence electrons. The quantitative estimate of drug-likeness (QED) is 0.133. The van der Waals surface area contributed by atoms with Gasteiger partial charge in [0.15, 0.2) is 0 Å². The van der Waals surface area contributed by atoms with Gasteiger partial charge in [-0.3, -0.25) is 9.36 Å². The Hall–Kier alpha value is -11.9. The van der Waals surface area contributed by atoms with Crippen molar-refractivity contribution in [2.45, 2.75) is 131 Å². The average molecular weight is 2180 g/mol. The van der Waals surface area contributed by atoms with E-state index >= 15 is 0 Å². The van der Waals surface area contributed by atoms with E-state index in [-0.39, 0.29) is 90.3 Å². The van der Waals surface area contributed by atoms with Crippen molar-refractivity contribution in [1.82, 2.24) is 53.1 Å². The third-order valence-electron chi connectivity index (χ3n) is 23.8. The van der Waals surface area contributed by atoms with Gasteiger partial charge < -0.3 is 23.5 Å². The molecule has 1 aliphatic rings. The number of rotatable bonds is 9. The van der Waals surface area contributed by atoms with Gasteiger partial charge >= 0.3 is 42.1 Å². The summed E-state index contributed by atoms with van der Waals surface area (Å²) in [6.07, 6.45) is 18.0. The van der Waals surface area contributed by atoms with Crippen LogP contribution in [0.1, 0.15) is 132 Å². The molecular formula is C111H97N12Pt3-3. The van der Waals surface area contributed by atoms with Crippen molar-refractivity contribution in [1.29, 1.82) is 0 Å². The molecule has 0 saturated carbocycles. The average Bonchev–Trinajstić information content (AvgIpc) is 1.58. The minimum Gasteiger partial charge on any atom is -0.510 e. The Kier molecular flexibility index (Phi) is 23.7. The molecule has 0 spiro atoms. The molecule has 8 aromatic heterocycles. The second-order valence-corrected chi connectivity index (χ2v) is 37.5. The molecule has 0 N–H and O–H groups in total. The van der Waals surface area contributed by atoms with E-state index in [1.54, 1.807) is 0 Å². The number of para-hydroxylation sites is 3. The van der Waals surface area contributed by atoms with Crippen LogP contribution in [0, 0.1) is 43.1 Å².